The minimum absolute atomic E-state index is 0.181. The number of benzene rings is 1. The van der Waals surface area contributed by atoms with Crippen molar-refractivity contribution in [3.8, 4) is 0 Å². The molecule has 1 aromatic carbocycles. The van der Waals surface area contributed by atoms with Gasteiger partial charge in [-0.25, -0.2) is 4.39 Å². The summed E-state index contributed by atoms with van der Waals surface area (Å²) in [5.74, 6) is 0.500. The molecule has 0 saturated heterocycles. The van der Waals surface area contributed by atoms with Crippen LogP contribution in [0.1, 0.15) is 19.8 Å². The van der Waals surface area contributed by atoms with E-state index in [1.54, 1.807) is 30.9 Å². The predicted molar refractivity (Wildman–Crippen MR) is 78.3 cm³/mol. The maximum atomic E-state index is 12.9. The first-order chi connectivity index (χ1) is 9.62. The molecule has 1 aliphatic rings. The molecule has 110 valence electrons. The number of thioether (sulfide) groups is 1. The van der Waals surface area contributed by atoms with E-state index in [0.29, 0.717) is 18.3 Å². The minimum Gasteiger partial charge on any atom is -0.465 e. The third-order valence-corrected chi connectivity index (χ3v) is 4.85. The van der Waals surface area contributed by atoms with E-state index >= 15 is 0 Å². The van der Waals surface area contributed by atoms with Crippen molar-refractivity contribution in [2.75, 3.05) is 19.4 Å². The summed E-state index contributed by atoms with van der Waals surface area (Å²) in [4.78, 5) is 13.2. The molecular formula is C15H20FNO2S. The molecule has 1 fully saturated rings. The van der Waals surface area contributed by atoms with Crippen LogP contribution in [0.2, 0.25) is 0 Å². The van der Waals surface area contributed by atoms with Gasteiger partial charge in [0, 0.05) is 10.6 Å². The molecule has 1 aliphatic carbocycles. The number of hydrogen-bond donors (Lipinski definition) is 1. The van der Waals surface area contributed by atoms with Gasteiger partial charge in [-0.05, 0) is 57.0 Å². The van der Waals surface area contributed by atoms with Crippen LogP contribution in [-0.4, -0.2) is 30.9 Å². The molecule has 0 amide bonds. The molecule has 0 spiro atoms. The van der Waals surface area contributed by atoms with Crippen LogP contribution in [0.5, 0.6) is 0 Å². The van der Waals surface area contributed by atoms with Crippen molar-refractivity contribution < 1.29 is 13.9 Å². The average molecular weight is 297 g/mol. The first-order valence-electron chi connectivity index (χ1n) is 6.87. The summed E-state index contributed by atoms with van der Waals surface area (Å²) in [6, 6.07) is 6.34. The van der Waals surface area contributed by atoms with Gasteiger partial charge >= 0.3 is 5.97 Å². The van der Waals surface area contributed by atoms with Crippen molar-refractivity contribution in [1.29, 1.82) is 0 Å². The number of esters is 1. The Labute approximate surface area is 123 Å². The molecule has 3 nitrogen and oxygen atoms in total. The van der Waals surface area contributed by atoms with E-state index in [4.69, 9.17) is 4.74 Å². The second-order valence-electron chi connectivity index (χ2n) is 4.96. The van der Waals surface area contributed by atoms with Gasteiger partial charge < -0.3 is 10.1 Å². The van der Waals surface area contributed by atoms with Gasteiger partial charge in [-0.3, -0.25) is 4.79 Å². The zero-order valence-corrected chi connectivity index (χ0v) is 12.6. The summed E-state index contributed by atoms with van der Waals surface area (Å²) < 4.78 is 18.1. The van der Waals surface area contributed by atoms with Crippen LogP contribution in [0.25, 0.3) is 0 Å². The molecule has 20 heavy (non-hydrogen) atoms. The van der Waals surface area contributed by atoms with E-state index in [0.717, 1.165) is 17.7 Å². The number of rotatable bonds is 7. The van der Waals surface area contributed by atoms with Crippen molar-refractivity contribution >= 4 is 17.7 Å². The lowest BCUT2D eigenvalue weighted by molar-refractivity contribution is -0.150. The lowest BCUT2D eigenvalue weighted by Gasteiger charge is -2.31. The quantitative estimate of drug-likeness (QED) is 0.620. The lowest BCUT2D eigenvalue weighted by atomic mass is 9.96. The van der Waals surface area contributed by atoms with Crippen LogP contribution in [0.15, 0.2) is 29.2 Å². The highest BCUT2D eigenvalue weighted by molar-refractivity contribution is 7.99. The van der Waals surface area contributed by atoms with E-state index in [2.05, 4.69) is 5.32 Å². The van der Waals surface area contributed by atoms with Crippen molar-refractivity contribution in [2.24, 2.45) is 5.92 Å². The zero-order chi connectivity index (χ0) is 14.6. The Morgan fingerprint density at radius 2 is 2.10 bits per heavy atom. The monoisotopic (exact) mass is 297 g/mol. The van der Waals surface area contributed by atoms with Crippen molar-refractivity contribution in [1.82, 2.24) is 5.32 Å². The third kappa shape index (κ3) is 3.33. The molecule has 1 unspecified atom stereocenters. The number of carbonyl (C=O) groups is 1. The van der Waals surface area contributed by atoms with E-state index in [-0.39, 0.29) is 11.8 Å². The highest BCUT2D eigenvalue weighted by Gasteiger charge is 2.51. The van der Waals surface area contributed by atoms with Gasteiger partial charge in [0.05, 0.1) is 6.61 Å². The van der Waals surface area contributed by atoms with E-state index in [1.807, 2.05) is 6.92 Å². The summed E-state index contributed by atoms with van der Waals surface area (Å²) in [7, 11) is 1.81. The van der Waals surface area contributed by atoms with Crippen LogP contribution in [0, 0.1) is 11.7 Å². The summed E-state index contributed by atoms with van der Waals surface area (Å²) in [5.41, 5.74) is -0.630. The summed E-state index contributed by atoms with van der Waals surface area (Å²) >= 11 is 1.55. The van der Waals surface area contributed by atoms with Crippen molar-refractivity contribution in [3.05, 3.63) is 30.1 Å². The average Bonchev–Trinajstić information content (AvgIpc) is 3.27. The van der Waals surface area contributed by atoms with Gasteiger partial charge in [0.25, 0.3) is 0 Å². The molecule has 2 rings (SSSR count). The van der Waals surface area contributed by atoms with Crippen LogP contribution >= 0.6 is 11.8 Å². The molecule has 0 heterocycles. The summed E-state index contributed by atoms with van der Waals surface area (Å²) in [5, 5.41) is 3.17. The van der Waals surface area contributed by atoms with Gasteiger partial charge in [-0.1, -0.05) is 0 Å². The first kappa shape index (κ1) is 15.3. The molecule has 0 aromatic heterocycles. The largest absolute Gasteiger partial charge is 0.465 e. The maximum absolute atomic E-state index is 12.9. The minimum atomic E-state index is -0.630. The molecule has 1 saturated carbocycles. The number of halogens is 1. The predicted octanol–water partition coefficient (Wildman–Crippen LogP) is 2.85. The highest BCUT2D eigenvalue weighted by Crippen LogP contribution is 2.43. The van der Waals surface area contributed by atoms with E-state index in [1.165, 1.54) is 12.1 Å². The number of ether oxygens (including phenoxy) is 1. The fourth-order valence-electron chi connectivity index (χ4n) is 2.29. The fourth-order valence-corrected chi connectivity index (χ4v) is 3.51. The molecule has 0 bridgehead atoms. The molecular weight excluding hydrogens is 277 g/mol. The van der Waals surface area contributed by atoms with Gasteiger partial charge in [-0.2, -0.15) is 0 Å². The van der Waals surface area contributed by atoms with Crippen LogP contribution in [-0.2, 0) is 9.53 Å². The standard InChI is InChI=1S/C15H20FNO2S/c1-3-19-14(18)15(17-2,11-4-5-11)10-20-13-8-6-12(16)7-9-13/h6-9,11,17H,3-5,10H2,1-2H3. The Kier molecular flexibility index (Phi) is 5.05. The maximum Gasteiger partial charge on any atom is 0.327 e. The molecule has 1 N–H and O–H groups in total. The Morgan fingerprint density at radius 1 is 1.45 bits per heavy atom. The topological polar surface area (TPSA) is 38.3 Å². The lowest BCUT2D eigenvalue weighted by Crippen LogP contribution is -2.55. The molecule has 0 aliphatic heterocycles. The smallest absolute Gasteiger partial charge is 0.327 e. The first-order valence-corrected chi connectivity index (χ1v) is 7.85. The Balaban J connectivity index is 2.07. The van der Waals surface area contributed by atoms with Gasteiger partial charge in [-0.15, -0.1) is 11.8 Å². The van der Waals surface area contributed by atoms with Gasteiger partial charge in [0.2, 0.25) is 0 Å². The van der Waals surface area contributed by atoms with Gasteiger partial charge in [0.1, 0.15) is 11.4 Å². The highest BCUT2D eigenvalue weighted by atomic mass is 32.2. The van der Waals surface area contributed by atoms with Crippen LogP contribution in [0.4, 0.5) is 4.39 Å². The number of likely N-dealkylation sites (N-methyl/N-ethyl adjacent to an activating group) is 1. The summed E-state index contributed by atoms with van der Waals surface area (Å²) in [6.07, 6.45) is 2.09. The fraction of sp³-hybridized carbons (Fsp3) is 0.533. The third-order valence-electron chi connectivity index (χ3n) is 3.64. The number of hydrogen-bond acceptors (Lipinski definition) is 4. The Bertz CT molecular complexity index is 461. The number of nitrogens with one attached hydrogen (secondary N) is 1. The summed E-state index contributed by atoms with van der Waals surface area (Å²) in [6.45, 7) is 2.20. The van der Waals surface area contributed by atoms with Gasteiger partial charge in [0.15, 0.2) is 0 Å². The molecule has 1 aromatic rings. The molecule has 0 radical (unpaired) electrons. The normalized spacial score (nSPS) is 17.6. The molecule has 1 atom stereocenters. The zero-order valence-electron chi connectivity index (χ0n) is 11.8. The van der Waals surface area contributed by atoms with Crippen LogP contribution in [0.3, 0.4) is 0 Å². The number of carbonyl (C=O) groups excluding carboxylic acids is 1. The van der Waals surface area contributed by atoms with Crippen LogP contribution < -0.4 is 5.32 Å². The van der Waals surface area contributed by atoms with E-state index < -0.39 is 5.54 Å². The van der Waals surface area contributed by atoms with Crippen molar-refractivity contribution in [2.45, 2.75) is 30.2 Å². The second kappa shape index (κ2) is 6.59. The van der Waals surface area contributed by atoms with Crippen molar-refractivity contribution in [3.63, 3.8) is 0 Å². The second-order valence-corrected chi connectivity index (χ2v) is 6.01. The Morgan fingerprint density at radius 3 is 2.60 bits per heavy atom. The van der Waals surface area contributed by atoms with E-state index in [9.17, 15) is 9.18 Å². The SMILES string of the molecule is CCOC(=O)C(CSc1ccc(F)cc1)(NC)C1CC1. The molecule has 5 heteroatoms. The Hall–Kier alpha value is -1.07.